The molecule has 1 fully saturated rings. The molecular weight excluding hydrogens is 224 g/mol. The molecule has 4 nitrogen and oxygen atoms in total. The summed E-state index contributed by atoms with van der Waals surface area (Å²) in [5.41, 5.74) is 8.97. The van der Waals surface area contributed by atoms with Crippen LogP contribution in [-0.2, 0) is 0 Å². The number of nitrogen functional groups attached to an aromatic ring is 1. The molecule has 2 rings (SSSR count). The molecule has 1 aromatic rings. The fraction of sp³-hybridized carbons (Fsp3) is 0.571. The monoisotopic (exact) mass is 248 g/mol. The van der Waals surface area contributed by atoms with Crippen LogP contribution in [0, 0.1) is 6.92 Å². The Balaban J connectivity index is 1.67. The van der Waals surface area contributed by atoms with Gasteiger partial charge in [-0.25, -0.2) is 0 Å². The molecular formula is C14H24N4. The molecule has 0 aliphatic carbocycles. The van der Waals surface area contributed by atoms with Crippen molar-refractivity contribution in [3.8, 4) is 0 Å². The second-order valence-corrected chi connectivity index (χ2v) is 5.19. The number of benzene rings is 1. The number of hydrogen-bond acceptors (Lipinski definition) is 4. The number of anilines is 2. The average Bonchev–Trinajstić information content (AvgIpc) is 2.75. The van der Waals surface area contributed by atoms with Crippen molar-refractivity contribution >= 4 is 11.4 Å². The summed E-state index contributed by atoms with van der Waals surface area (Å²) in [4.78, 5) is 4.85. The molecule has 1 aliphatic heterocycles. The minimum absolute atomic E-state index is 0.862. The van der Waals surface area contributed by atoms with Crippen LogP contribution in [0.1, 0.15) is 12.0 Å². The fourth-order valence-electron chi connectivity index (χ4n) is 2.30. The van der Waals surface area contributed by atoms with Crippen molar-refractivity contribution in [3.05, 3.63) is 23.8 Å². The van der Waals surface area contributed by atoms with Crippen LogP contribution in [0.3, 0.4) is 0 Å². The molecule has 1 heterocycles. The van der Waals surface area contributed by atoms with Gasteiger partial charge < -0.3 is 11.1 Å². The van der Waals surface area contributed by atoms with E-state index in [4.69, 9.17) is 5.73 Å². The van der Waals surface area contributed by atoms with E-state index in [1.165, 1.54) is 31.7 Å². The fourth-order valence-corrected chi connectivity index (χ4v) is 2.30. The summed E-state index contributed by atoms with van der Waals surface area (Å²) in [7, 11) is 2.18. The van der Waals surface area contributed by atoms with Crippen molar-refractivity contribution in [2.75, 3.05) is 50.9 Å². The first kappa shape index (κ1) is 13.2. The minimum Gasteiger partial charge on any atom is -0.399 e. The maximum absolute atomic E-state index is 5.80. The highest BCUT2D eigenvalue weighted by atomic mass is 15.4. The third kappa shape index (κ3) is 3.62. The Bertz CT molecular complexity index is 391. The summed E-state index contributed by atoms with van der Waals surface area (Å²) >= 11 is 0. The number of likely N-dealkylation sites (N-methyl/N-ethyl adjacent to an activating group) is 1. The minimum atomic E-state index is 0.862. The van der Waals surface area contributed by atoms with E-state index in [0.717, 1.165) is 24.5 Å². The molecule has 0 aromatic heterocycles. The van der Waals surface area contributed by atoms with Gasteiger partial charge in [0.15, 0.2) is 0 Å². The van der Waals surface area contributed by atoms with Gasteiger partial charge in [0.2, 0.25) is 0 Å². The zero-order chi connectivity index (χ0) is 13.0. The van der Waals surface area contributed by atoms with Gasteiger partial charge in [0.05, 0.1) is 6.67 Å². The molecule has 0 spiro atoms. The van der Waals surface area contributed by atoms with E-state index in [1.807, 2.05) is 19.1 Å². The lowest BCUT2D eigenvalue weighted by Gasteiger charge is -2.15. The maximum atomic E-state index is 5.80. The zero-order valence-electron chi connectivity index (χ0n) is 11.4. The third-order valence-corrected chi connectivity index (χ3v) is 3.49. The molecule has 0 radical (unpaired) electrons. The number of hydrogen-bond donors (Lipinski definition) is 2. The van der Waals surface area contributed by atoms with Gasteiger partial charge in [0.1, 0.15) is 0 Å². The molecule has 0 saturated carbocycles. The summed E-state index contributed by atoms with van der Waals surface area (Å²) in [6.07, 6.45) is 1.18. The first-order chi connectivity index (χ1) is 8.65. The standard InChI is InChI=1S/C14H24N4/c1-12-10-13(4-5-14(12)15)16-6-3-7-18-9-8-17(2)11-18/h4-5,10,16H,3,6-9,11,15H2,1-2H3. The Morgan fingerprint density at radius 1 is 1.33 bits per heavy atom. The smallest absolute Gasteiger partial charge is 0.0504 e. The predicted molar refractivity (Wildman–Crippen MR) is 77.8 cm³/mol. The highest BCUT2D eigenvalue weighted by molar-refractivity contribution is 5.56. The summed E-state index contributed by atoms with van der Waals surface area (Å²) in [6, 6.07) is 6.12. The Morgan fingerprint density at radius 2 is 2.17 bits per heavy atom. The van der Waals surface area contributed by atoms with Gasteiger partial charge in [-0.05, 0) is 44.2 Å². The molecule has 18 heavy (non-hydrogen) atoms. The van der Waals surface area contributed by atoms with Crippen molar-refractivity contribution in [1.29, 1.82) is 0 Å². The van der Waals surface area contributed by atoms with Gasteiger partial charge in [-0.3, -0.25) is 9.80 Å². The molecule has 1 aromatic carbocycles. The highest BCUT2D eigenvalue weighted by Gasteiger charge is 2.14. The molecule has 3 N–H and O–H groups in total. The average molecular weight is 248 g/mol. The Kier molecular flexibility index (Phi) is 4.44. The summed E-state index contributed by atoms with van der Waals surface area (Å²) in [5.74, 6) is 0. The van der Waals surface area contributed by atoms with Gasteiger partial charge >= 0.3 is 0 Å². The first-order valence-corrected chi connectivity index (χ1v) is 6.66. The van der Waals surface area contributed by atoms with Crippen molar-refractivity contribution in [2.24, 2.45) is 0 Å². The topological polar surface area (TPSA) is 44.5 Å². The lowest BCUT2D eigenvalue weighted by Crippen LogP contribution is -2.25. The van der Waals surface area contributed by atoms with Gasteiger partial charge in [-0.15, -0.1) is 0 Å². The van der Waals surface area contributed by atoms with Crippen molar-refractivity contribution in [2.45, 2.75) is 13.3 Å². The van der Waals surface area contributed by atoms with E-state index < -0.39 is 0 Å². The Labute approximate surface area is 110 Å². The zero-order valence-corrected chi connectivity index (χ0v) is 11.4. The predicted octanol–water partition coefficient (Wildman–Crippen LogP) is 1.58. The molecule has 1 saturated heterocycles. The molecule has 0 unspecified atom stereocenters. The number of nitrogens with one attached hydrogen (secondary N) is 1. The van der Waals surface area contributed by atoms with Crippen LogP contribution in [0.2, 0.25) is 0 Å². The van der Waals surface area contributed by atoms with Crippen LogP contribution in [0.15, 0.2) is 18.2 Å². The van der Waals surface area contributed by atoms with Gasteiger partial charge in [0, 0.05) is 37.6 Å². The van der Waals surface area contributed by atoms with Crippen molar-refractivity contribution in [3.63, 3.8) is 0 Å². The number of rotatable bonds is 5. The quantitative estimate of drug-likeness (QED) is 0.613. The summed E-state index contributed by atoms with van der Waals surface area (Å²) < 4.78 is 0. The van der Waals surface area contributed by atoms with E-state index in [-0.39, 0.29) is 0 Å². The van der Waals surface area contributed by atoms with E-state index in [1.54, 1.807) is 0 Å². The second kappa shape index (κ2) is 6.07. The normalized spacial score (nSPS) is 17.2. The van der Waals surface area contributed by atoms with Crippen LogP contribution in [-0.4, -0.2) is 49.7 Å². The summed E-state index contributed by atoms with van der Waals surface area (Å²) in [5, 5.41) is 3.45. The largest absolute Gasteiger partial charge is 0.399 e. The SMILES string of the molecule is Cc1cc(NCCCN2CCN(C)C2)ccc1N. The van der Waals surface area contributed by atoms with Crippen molar-refractivity contribution < 1.29 is 0 Å². The summed E-state index contributed by atoms with van der Waals surface area (Å²) in [6.45, 7) is 7.75. The Hall–Kier alpha value is -1.26. The molecule has 0 bridgehead atoms. The first-order valence-electron chi connectivity index (χ1n) is 6.66. The van der Waals surface area contributed by atoms with Gasteiger partial charge in [-0.2, -0.15) is 0 Å². The van der Waals surface area contributed by atoms with Crippen LogP contribution in [0.25, 0.3) is 0 Å². The van der Waals surface area contributed by atoms with E-state index in [9.17, 15) is 0 Å². The Morgan fingerprint density at radius 3 is 2.83 bits per heavy atom. The number of nitrogens with zero attached hydrogens (tertiary/aromatic N) is 2. The number of aryl methyl sites for hydroxylation is 1. The van der Waals surface area contributed by atoms with Crippen LogP contribution < -0.4 is 11.1 Å². The van der Waals surface area contributed by atoms with Gasteiger partial charge in [-0.1, -0.05) is 0 Å². The molecule has 0 atom stereocenters. The van der Waals surface area contributed by atoms with E-state index in [2.05, 4.69) is 28.2 Å². The lowest BCUT2D eigenvalue weighted by molar-refractivity contribution is 0.274. The lowest BCUT2D eigenvalue weighted by atomic mass is 10.2. The molecule has 4 heteroatoms. The number of nitrogens with two attached hydrogens (primary N) is 1. The molecule has 1 aliphatic rings. The van der Waals surface area contributed by atoms with Crippen LogP contribution in [0.5, 0.6) is 0 Å². The highest BCUT2D eigenvalue weighted by Crippen LogP contribution is 2.16. The van der Waals surface area contributed by atoms with Crippen molar-refractivity contribution in [1.82, 2.24) is 9.80 Å². The second-order valence-electron chi connectivity index (χ2n) is 5.19. The van der Waals surface area contributed by atoms with Crippen LogP contribution >= 0.6 is 0 Å². The van der Waals surface area contributed by atoms with Crippen LogP contribution in [0.4, 0.5) is 11.4 Å². The molecule has 100 valence electrons. The van der Waals surface area contributed by atoms with Gasteiger partial charge in [0.25, 0.3) is 0 Å². The van der Waals surface area contributed by atoms with E-state index in [0.29, 0.717) is 0 Å². The third-order valence-electron chi connectivity index (χ3n) is 3.49. The molecule has 0 amide bonds. The maximum Gasteiger partial charge on any atom is 0.0504 e. The van der Waals surface area contributed by atoms with E-state index >= 15 is 0 Å².